The van der Waals surface area contributed by atoms with E-state index < -0.39 is 0 Å². The molecule has 0 saturated carbocycles. The highest BCUT2D eigenvalue weighted by atomic mass is 32.1. The molecule has 3 aromatic rings. The van der Waals surface area contributed by atoms with E-state index in [0.717, 1.165) is 55.2 Å². The van der Waals surface area contributed by atoms with Crippen LogP contribution in [0, 0.1) is 0 Å². The number of aryl methyl sites for hydroxylation is 2. The van der Waals surface area contributed by atoms with Gasteiger partial charge in [0, 0.05) is 31.7 Å². The van der Waals surface area contributed by atoms with Crippen LogP contribution in [0.1, 0.15) is 34.3 Å². The normalized spacial score (nSPS) is 17.2. The Hall–Kier alpha value is -2.40. The average Bonchev–Trinajstić information content (AvgIpc) is 3.17. The van der Waals surface area contributed by atoms with E-state index in [1.54, 1.807) is 11.3 Å². The van der Waals surface area contributed by atoms with Gasteiger partial charge >= 0.3 is 0 Å². The van der Waals surface area contributed by atoms with Gasteiger partial charge in [-0.1, -0.05) is 29.5 Å². The molecular weight excluding hydrogens is 354 g/mol. The predicted octanol–water partition coefficient (Wildman–Crippen LogP) is 4.14. The molecule has 1 amide bonds. The van der Waals surface area contributed by atoms with Crippen LogP contribution in [0.15, 0.2) is 42.5 Å². The summed E-state index contributed by atoms with van der Waals surface area (Å²) < 4.78 is 1.22. The lowest BCUT2D eigenvalue weighted by Crippen LogP contribution is -2.48. The molecule has 5 heteroatoms. The molecule has 2 aliphatic rings. The average molecular weight is 378 g/mol. The number of amides is 1. The van der Waals surface area contributed by atoms with Crippen molar-refractivity contribution < 1.29 is 4.79 Å². The first-order valence-electron chi connectivity index (χ1n) is 9.79. The highest BCUT2D eigenvalue weighted by Gasteiger charge is 2.24. The topological polar surface area (TPSA) is 36.4 Å². The number of hydrogen-bond donors (Lipinski definition) is 0. The number of rotatable bonds is 2. The van der Waals surface area contributed by atoms with E-state index in [9.17, 15) is 4.79 Å². The molecule has 1 aliphatic heterocycles. The summed E-state index contributed by atoms with van der Waals surface area (Å²) in [6.45, 7) is 3.20. The molecule has 27 heavy (non-hydrogen) atoms. The van der Waals surface area contributed by atoms with Gasteiger partial charge in [0.2, 0.25) is 0 Å². The van der Waals surface area contributed by atoms with Crippen LogP contribution in [0.4, 0.5) is 5.13 Å². The lowest BCUT2D eigenvalue weighted by atomic mass is 9.90. The number of fused-ring (bicyclic) bond motifs is 2. The number of hydrogen-bond acceptors (Lipinski definition) is 4. The van der Waals surface area contributed by atoms with Gasteiger partial charge in [-0.2, -0.15) is 0 Å². The summed E-state index contributed by atoms with van der Waals surface area (Å²) in [5.74, 6) is 0.173. The van der Waals surface area contributed by atoms with Crippen LogP contribution in [0.5, 0.6) is 0 Å². The molecule has 0 radical (unpaired) electrons. The summed E-state index contributed by atoms with van der Waals surface area (Å²) in [5.41, 5.74) is 4.72. The maximum atomic E-state index is 13.0. The number of nitrogens with zero attached hydrogens (tertiary/aromatic N) is 3. The molecule has 1 fully saturated rings. The fourth-order valence-electron chi connectivity index (χ4n) is 4.15. The number of benzene rings is 2. The highest BCUT2D eigenvalue weighted by Crippen LogP contribution is 2.29. The molecule has 0 spiro atoms. The molecule has 2 aromatic carbocycles. The van der Waals surface area contributed by atoms with Gasteiger partial charge in [-0.15, -0.1) is 0 Å². The molecule has 1 saturated heterocycles. The van der Waals surface area contributed by atoms with Gasteiger partial charge in [0.15, 0.2) is 5.13 Å². The second-order valence-corrected chi connectivity index (χ2v) is 8.44. The minimum atomic E-state index is 0.173. The van der Waals surface area contributed by atoms with Crippen molar-refractivity contribution in [1.82, 2.24) is 9.88 Å². The molecule has 0 unspecified atom stereocenters. The minimum Gasteiger partial charge on any atom is -0.345 e. The predicted molar refractivity (Wildman–Crippen MR) is 111 cm³/mol. The van der Waals surface area contributed by atoms with E-state index in [1.165, 1.54) is 28.7 Å². The smallest absolute Gasteiger partial charge is 0.253 e. The van der Waals surface area contributed by atoms with Crippen molar-refractivity contribution >= 4 is 32.6 Å². The van der Waals surface area contributed by atoms with Crippen LogP contribution in [-0.4, -0.2) is 42.0 Å². The van der Waals surface area contributed by atoms with E-state index in [0.29, 0.717) is 0 Å². The standard InChI is InChI=1S/C22H23N3OS/c26-21(18-10-9-16-5-1-2-6-17(16)15-18)24-11-13-25(14-12-24)22-23-19-7-3-4-8-20(19)27-22/h3-4,7-10,15H,1-2,5-6,11-14H2. The van der Waals surface area contributed by atoms with E-state index in [-0.39, 0.29) is 5.91 Å². The van der Waals surface area contributed by atoms with Gasteiger partial charge in [-0.3, -0.25) is 4.79 Å². The molecular formula is C22H23N3OS. The summed E-state index contributed by atoms with van der Waals surface area (Å²) in [7, 11) is 0. The summed E-state index contributed by atoms with van der Waals surface area (Å²) >= 11 is 1.74. The Morgan fingerprint density at radius 2 is 1.70 bits per heavy atom. The van der Waals surface area contributed by atoms with Crippen molar-refractivity contribution in [2.24, 2.45) is 0 Å². The number of carbonyl (C=O) groups excluding carboxylic acids is 1. The zero-order chi connectivity index (χ0) is 18.2. The summed E-state index contributed by atoms with van der Waals surface area (Å²) in [4.78, 5) is 22.0. The summed E-state index contributed by atoms with van der Waals surface area (Å²) in [6.07, 6.45) is 4.78. The van der Waals surface area contributed by atoms with Crippen molar-refractivity contribution in [2.45, 2.75) is 25.7 Å². The molecule has 2 heterocycles. The summed E-state index contributed by atoms with van der Waals surface area (Å²) in [6, 6.07) is 14.6. The Bertz CT molecular complexity index is 955. The maximum absolute atomic E-state index is 13.0. The second-order valence-electron chi connectivity index (χ2n) is 7.43. The largest absolute Gasteiger partial charge is 0.345 e. The van der Waals surface area contributed by atoms with E-state index in [4.69, 9.17) is 4.98 Å². The highest BCUT2D eigenvalue weighted by molar-refractivity contribution is 7.22. The van der Waals surface area contributed by atoms with E-state index >= 15 is 0 Å². The second kappa shape index (κ2) is 6.97. The van der Waals surface area contributed by atoms with Gasteiger partial charge < -0.3 is 9.80 Å². The van der Waals surface area contributed by atoms with Crippen molar-refractivity contribution in [3.05, 3.63) is 59.2 Å². The zero-order valence-electron chi connectivity index (χ0n) is 15.4. The third-order valence-corrected chi connectivity index (χ3v) is 6.81. The minimum absolute atomic E-state index is 0.173. The lowest BCUT2D eigenvalue weighted by Gasteiger charge is -2.34. The van der Waals surface area contributed by atoms with Crippen LogP contribution in [0.25, 0.3) is 10.2 Å². The third-order valence-electron chi connectivity index (χ3n) is 5.72. The molecule has 138 valence electrons. The zero-order valence-corrected chi connectivity index (χ0v) is 16.2. The van der Waals surface area contributed by atoms with Gasteiger partial charge in [0.1, 0.15) is 0 Å². The SMILES string of the molecule is O=C(c1ccc2c(c1)CCCC2)N1CCN(c2nc3ccccc3s2)CC1. The Labute approximate surface area is 163 Å². The van der Waals surface area contributed by atoms with Crippen molar-refractivity contribution in [1.29, 1.82) is 0 Å². The van der Waals surface area contributed by atoms with E-state index in [1.807, 2.05) is 17.0 Å². The number of carbonyl (C=O) groups is 1. The molecule has 0 atom stereocenters. The van der Waals surface area contributed by atoms with Crippen molar-refractivity contribution in [3.63, 3.8) is 0 Å². The molecule has 1 aliphatic carbocycles. The lowest BCUT2D eigenvalue weighted by molar-refractivity contribution is 0.0746. The molecule has 1 aromatic heterocycles. The number of piperazine rings is 1. The maximum Gasteiger partial charge on any atom is 0.253 e. The Morgan fingerprint density at radius 3 is 2.52 bits per heavy atom. The molecule has 0 bridgehead atoms. The van der Waals surface area contributed by atoms with Crippen LogP contribution in [0.3, 0.4) is 0 Å². The van der Waals surface area contributed by atoms with Crippen LogP contribution >= 0.6 is 11.3 Å². The van der Waals surface area contributed by atoms with Gasteiger partial charge in [0.25, 0.3) is 5.91 Å². The Balaban J connectivity index is 1.28. The molecule has 0 N–H and O–H groups in total. The first-order chi connectivity index (χ1) is 13.3. The first kappa shape index (κ1) is 16.8. The number of aromatic nitrogens is 1. The fourth-order valence-corrected chi connectivity index (χ4v) is 5.16. The van der Waals surface area contributed by atoms with Crippen LogP contribution in [0.2, 0.25) is 0 Å². The summed E-state index contributed by atoms with van der Waals surface area (Å²) in [5, 5.41) is 1.07. The number of para-hydroxylation sites is 1. The number of thiazole rings is 1. The van der Waals surface area contributed by atoms with E-state index in [2.05, 4.69) is 35.2 Å². The third kappa shape index (κ3) is 3.21. The van der Waals surface area contributed by atoms with Crippen LogP contribution < -0.4 is 4.90 Å². The quantitative estimate of drug-likeness (QED) is 0.673. The molecule has 5 rings (SSSR count). The Morgan fingerprint density at radius 1 is 0.926 bits per heavy atom. The van der Waals surface area contributed by atoms with Crippen molar-refractivity contribution in [3.8, 4) is 0 Å². The van der Waals surface area contributed by atoms with Gasteiger partial charge in [0.05, 0.1) is 10.2 Å². The Kier molecular flexibility index (Phi) is 4.32. The monoisotopic (exact) mass is 377 g/mol. The van der Waals surface area contributed by atoms with Gasteiger partial charge in [-0.25, -0.2) is 4.98 Å². The number of anilines is 1. The van der Waals surface area contributed by atoms with Gasteiger partial charge in [-0.05, 0) is 61.1 Å². The first-order valence-corrected chi connectivity index (χ1v) is 10.6. The molecule has 4 nitrogen and oxygen atoms in total. The fraction of sp³-hybridized carbons (Fsp3) is 0.364. The van der Waals surface area contributed by atoms with Crippen molar-refractivity contribution in [2.75, 3.05) is 31.1 Å². The van der Waals surface area contributed by atoms with Crippen LogP contribution in [-0.2, 0) is 12.8 Å².